The predicted octanol–water partition coefficient (Wildman–Crippen LogP) is 3.52. The van der Waals surface area contributed by atoms with Crippen LogP contribution >= 0.6 is 0 Å². The van der Waals surface area contributed by atoms with E-state index in [0.717, 1.165) is 24.4 Å². The Morgan fingerprint density at radius 1 is 0.905 bits per heavy atom. The van der Waals surface area contributed by atoms with Crippen LogP contribution in [0.5, 0.6) is 5.75 Å². The van der Waals surface area contributed by atoms with E-state index >= 15 is 0 Å². The largest absolute Gasteiger partial charge is 0.497 e. The van der Waals surface area contributed by atoms with Gasteiger partial charge in [-0.15, -0.1) is 0 Å². The van der Waals surface area contributed by atoms with Crippen LogP contribution in [0.3, 0.4) is 0 Å². The van der Waals surface area contributed by atoms with Gasteiger partial charge < -0.3 is 14.8 Å². The normalized spacial score (nSPS) is 10.6. The van der Waals surface area contributed by atoms with Gasteiger partial charge in [-0.25, -0.2) is 0 Å². The third kappa shape index (κ3) is 5.21. The maximum Gasteiger partial charge on any atom is 0.118 e. The fraction of sp³-hybridized carbons (Fsp3) is 0.333. The lowest BCUT2D eigenvalue weighted by molar-refractivity contribution is 0.107. The van der Waals surface area contributed by atoms with Crippen molar-refractivity contribution in [3.8, 4) is 5.75 Å². The molecule has 0 saturated heterocycles. The SMILES string of the molecule is CCNCc1cccc(COCc2ccc(OC)cc2)c1. The highest BCUT2D eigenvalue weighted by Crippen LogP contribution is 2.13. The van der Waals surface area contributed by atoms with Gasteiger partial charge in [0.15, 0.2) is 0 Å². The van der Waals surface area contributed by atoms with Crippen molar-refractivity contribution in [1.29, 1.82) is 0 Å². The van der Waals surface area contributed by atoms with Crippen molar-refractivity contribution in [2.45, 2.75) is 26.7 Å². The van der Waals surface area contributed by atoms with Gasteiger partial charge in [-0.1, -0.05) is 43.3 Å². The summed E-state index contributed by atoms with van der Waals surface area (Å²) in [5.74, 6) is 0.870. The van der Waals surface area contributed by atoms with E-state index in [4.69, 9.17) is 9.47 Å². The highest BCUT2D eigenvalue weighted by Gasteiger charge is 1.98. The summed E-state index contributed by atoms with van der Waals surface area (Å²) >= 11 is 0. The molecule has 2 aromatic rings. The molecule has 0 aliphatic rings. The van der Waals surface area contributed by atoms with E-state index in [1.807, 2.05) is 24.3 Å². The first-order chi connectivity index (χ1) is 10.3. The molecule has 0 radical (unpaired) electrons. The van der Waals surface area contributed by atoms with Gasteiger partial charge >= 0.3 is 0 Å². The number of ether oxygens (including phenoxy) is 2. The van der Waals surface area contributed by atoms with E-state index in [1.165, 1.54) is 11.1 Å². The summed E-state index contributed by atoms with van der Waals surface area (Å²) in [4.78, 5) is 0. The Bertz CT molecular complexity index is 537. The zero-order valence-corrected chi connectivity index (χ0v) is 12.8. The van der Waals surface area contributed by atoms with Crippen LogP contribution < -0.4 is 10.1 Å². The molecule has 21 heavy (non-hydrogen) atoms. The molecular weight excluding hydrogens is 262 g/mol. The highest BCUT2D eigenvalue weighted by atomic mass is 16.5. The number of hydrogen-bond acceptors (Lipinski definition) is 3. The van der Waals surface area contributed by atoms with Crippen LogP contribution in [0.15, 0.2) is 48.5 Å². The second kappa shape index (κ2) is 8.45. The third-order valence-electron chi connectivity index (χ3n) is 3.27. The minimum atomic E-state index is 0.613. The van der Waals surface area contributed by atoms with Gasteiger partial charge in [0.1, 0.15) is 5.75 Å². The molecule has 0 aromatic heterocycles. The molecular formula is C18H23NO2. The van der Waals surface area contributed by atoms with Crippen molar-refractivity contribution in [3.63, 3.8) is 0 Å². The van der Waals surface area contributed by atoms with Crippen LogP contribution in [-0.2, 0) is 24.5 Å². The molecule has 0 saturated carbocycles. The standard InChI is InChI=1S/C18H23NO2/c1-3-19-12-16-5-4-6-17(11-16)14-21-13-15-7-9-18(20-2)10-8-15/h4-11,19H,3,12-14H2,1-2H3. The van der Waals surface area contributed by atoms with E-state index in [2.05, 4.69) is 36.5 Å². The van der Waals surface area contributed by atoms with E-state index < -0.39 is 0 Å². The summed E-state index contributed by atoms with van der Waals surface area (Å²) in [6.07, 6.45) is 0. The monoisotopic (exact) mass is 285 g/mol. The Balaban J connectivity index is 1.82. The Kier molecular flexibility index (Phi) is 6.25. The first-order valence-electron chi connectivity index (χ1n) is 7.31. The van der Waals surface area contributed by atoms with Gasteiger partial charge in [-0.3, -0.25) is 0 Å². The van der Waals surface area contributed by atoms with Crippen LogP contribution in [0.25, 0.3) is 0 Å². The topological polar surface area (TPSA) is 30.5 Å². The molecule has 0 unspecified atom stereocenters. The molecule has 2 aromatic carbocycles. The van der Waals surface area contributed by atoms with Crippen LogP contribution in [0.4, 0.5) is 0 Å². The second-order valence-corrected chi connectivity index (χ2v) is 4.94. The number of benzene rings is 2. The number of rotatable bonds is 8. The van der Waals surface area contributed by atoms with Crippen molar-refractivity contribution >= 4 is 0 Å². The van der Waals surface area contributed by atoms with Crippen LogP contribution in [0.2, 0.25) is 0 Å². The minimum absolute atomic E-state index is 0.613. The van der Waals surface area contributed by atoms with Crippen LogP contribution in [0, 0.1) is 0 Å². The molecule has 0 heterocycles. The van der Waals surface area contributed by atoms with Gasteiger partial charge in [0.2, 0.25) is 0 Å². The van der Waals surface area contributed by atoms with Crippen molar-refractivity contribution in [2.24, 2.45) is 0 Å². The summed E-state index contributed by atoms with van der Waals surface area (Å²) in [5, 5.41) is 3.33. The lowest BCUT2D eigenvalue weighted by atomic mass is 10.1. The first-order valence-corrected chi connectivity index (χ1v) is 7.31. The number of methoxy groups -OCH3 is 1. The van der Waals surface area contributed by atoms with Gasteiger partial charge in [0, 0.05) is 6.54 Å². The van der Waals surface area contributed by atoms with Crippen LogP contribution in [0.1, 0.15) is 23.6 Å². The zero-order valence-electron chi connectivity index (χ0n) is 12.8. The summed E-state index contributed by atoms with van der Waals surface area (Å²) in [7, 11) is 1.67. The lowest BCUT2D eigenvalue weighted by Gasteiger charge is -2.08. The van der Waals surface area contributed by atoms with Gasteiger partial charge in [-0.2, -0.15) is 0 Å². The molecule has 0 aliphatic heterocycles. The average molecular weight is 285 g/mol. The molecule has 3 nitrogen and oxygen atoms in total. The number of nitrogens with one attached hydrogen (secondary N) is 1. The second-order valence-electron chi connectivity index (χ2n) is 4.94. The van der Waals surface area contributed by atoms with E-state index in [-0.39, 0.29) is 0 Å². The van der Waals surface area contributed by atoms with Gasteiger partial charge in [0.05, 0.1) is 20.3 Å². The maximum absolute atomic E-state index is 5.78. The summed E-state index contributed by atoms with van der Waals surface area (Å²) in [6, 6.07) is 16.5. The van der Waals surface area contributed by atoms with E-state index in [0.29, 0.717) is 13.2 Å². The Hall–Kier alpha value is -1.84. The molecule has 0 atom stereocenters. The molecule has 0 aliphatic carbocycles. The predicted molar refractivity (Wildman–Crippen MR) is 85.3 cm³/mol. The molecule has 3 heteroatoms. The molecule has 2 rings (SSSR count). The Morgan fingerprint density at radius 2 is 1.62 bits per heavy atom. The molecule has 1 N–H and O–H groups in total. The molecule has 0 bridgehead atoms. The first kappa shape index (κ1) is 15.5. The van der Waals surface area contributed by atoms with Crippen molar-refractivity contribution in [3.05, 3.63) is 65.2 Å². The smallest absolute Gasteiger partial charge is 0.118 e. The third-order valence-corrected chi connectivity index (χ3v) is 3.27. The van der Waals surface area contributed by atoms with Gasteiger partial charge in [0.25, 0.3) is 0 Å². The quantitative estimate of drug-likeness (QED) is 0.805. The molecule has 0 spiro atoms. The van der Waals surface area contributed by atoms with Crippen molar-refractivity contribution in [1.82, 2.24) is 5.32 Å². The highest BCUT2D eigenvalue weighted by molar-refractivity contribution is 5.27. The molecule has 112 valence electrons. The summed E-state index contributed by atoms with van der Waals surface area (Å²) < 4.78 is 10.9. The fourth-order valence-electron chi connectivity index (χ4n) is 2.11. The summed E-state index contributed by atoms with van der Waals surface area (Å²) in [6.45, 7) is 5.25. The average Bonchev–Trinajstić information content (AvgIpc) is 2.54. The maximum atomic E-state index is 5.78. The zero-order chi connectivity index (χ0) is 14.9. The number of hydrogen-bond donors (Lipinski definition) is 1. The van der Waals surface area contributed by atoms with Crippen molar-refractivity contribution in [2.75, 3.05) is 13.7 Å². The minimum Gasteiger partial charge on any atom is -0.497 e. The summed E-state index contributed by atoms with van der Waals surface area (Å²) in [5.41, 5.74) is 3.65. The van der Waals surface area contributed by atoms with Crippen LogP contribution in [-0.4, -0.2) is 13.7 Å². The fourth-order valence-corrected chi connectivity index (χ4v) is 2.11. The Labute approximate surface area is 126 Å². The molecule has 0 amide bonds. The van der Waals surface area contributed by atoms with Gasteiger partial charge in [-0.05, 0) is 35.4 Å². The Morgan fingerprint density at radius 3 is 2.33 bits per heavy atom. The van der Waals surface area contributed by atoms with Crippen molar-refractivity contribution < 1.29 is 9.47 Å². The van der Waals surface area contributed by atoms with E-state index in [1.54, 1.807) is 7.11 Å². The molecule has 0 fully saturated rings. The lowest BCUT2D eigenvalue weighted by Crippen LogP contribution is -2.11. The van der Waals surface area contributed by atoms with E-state index in [9.17, 15) is 0 Å².